The van der Waals surface area contributed by atoms with Gasteiger partial charge in [-0.05, 0) is 42.0 Å². The lowest BCUT2D eigenvalue weighted by Gasteiger charge is -2.14. The van der Waals surface area contributed by atoms with Crippen LogP contribution in [0.25, 0.3) is 0 Å². The number of nitrogens with one attached hydrogen (secondary N) is 1. The van der Waals surface area contributed by atoms with Crippen LogP contribution in [0.1, 0.15) is 50.0 Å². The second kappa shape index (κ2) is 8.85. The van der Waals surface area contributed by atoms with E-state index >= 15 is 0 Å². The van der Waals surface area contributed by atoms with E-state index in [1.165, 1.54) is 4.90 Å². The van der Waals surface area contributed by atoms with Crippen molar-refractivity contribution in [2.75, 3.05) is 5.32 Å². The quantitative estimate of drug-likeness (QED) is 0.363. The average Bonchev–Trinajstić information content (AvgIpc) is 3.04. The second-order valence-electron chi connectivity index (χ2n) is 7.25. The predicted molar refractivity (Wildman–Crippen MR) is 117 cm³/mol. The monoisotopic (exact) mass is 428 g/mol. The summed E-state index contributed by atoms with van der Waals surface area (Å²) in [6.45, 7) is 1.82. The summed E-state index contributed by atoms with van der Waals surface area (Å²) in [5.74, 6) is -0.989. The molecule has 0 radical (unpaired) electrons. The Morgan fingerprint density at radius 3 is 2.16 bits per heavy atom. The number of ether oxygens (including phenoxy) is 1. The van der Waals surface area contributed by atoms with Crippen LogP contribution in [0.15, 0.2) is 72.8 Å². The lowest BCUT2D eigenvalue weighted by Crippen LogP contribution is -2.29. The maximum atomic E-state index is 12.6. The molecule has 3 aromatic rings. The molecule has 0 saturated heterocycles. The summed E-state index contributed by atoms with van der Waals surface area (Å²) in [5.41, 5.74) is 2.43. The Morgan fingerprint density at radius 2 is 1.53 bits per heavy atom. The molecule has 3 aromatic carbocycles. The van der Waals surface area contributed by atoms with E-state index in [0.29, 0.717) is 28.1 Å². The van der Waals surface area contributed by atoms with Crippen LogP contribution in [0.5, 0.6) is 5.75 Å². The fourth-order valence-electron chi connectivity index (χ4n) is 3.37. The molecule has 0 fully saturated rings. The largest absolute Gasteiger partial charge is 0.426 e. The van der Waals surface area contributed by atoms with Crippen molar-refractivity contribution in [1.29, 1.82) is 0 Å². The van der Waals surface area contributed by atoms with Gasteiger partial charge in [0.25, 0.3) is 17.7 Å². The van der Waals surface area contributed by atoms with Crippen molar-refractivity contribution in [1.82, 2.24) is 4.90 Å². The third-order valence-corrected chi connectivity index (χ3v) is 5.05. The fraction of sp³-hybridized carbons (Fsp3) is 0.120. The van der Waals surface area contributed by atoms with Gasteiger partial charge >= 0.3 is 5.97 Å². The molecule has 0 spiro atoms. The van der Waals surface area contributed by atoms with E-state index in [9.17, 15) is 19.2 Å². The van der Waals surface area contributed by atoms with Gasteiger partial charge in [-0.25, -0.2) is 0 Å². The van der Waals surface area contributed by atoms with Gasteiger partial charge in [-0.2, -0.15) is 0 Å². The van der Waals surface area contributed by atoms with Crippen LogP contribution >= 0.6 is 0 Å². The van der Waals surface area contributed by atoms with Gasteiger partial charge in [0.15, 0.2) is 0 Å². The first-order valence-corrected chi connectivity index (χ1v) is 10.1. The van der Waals surface area contributed by atoms with Crippen molar-refractivity contribution in [2.24, 2.45) is 0 Å². The van der Waals surface area contributed by atoms with E-state index in [4.69, 9.17) is 4.74 Å². The number of amides is 3. The highest BCUT2D eigenvalue weighted by molar-refractivity contribution is 6.21. The van der Waals surface area contributed by atoms with E-state index in [-0.39, 0.29) is 36.7 Å². The first-order valence-electron chi connectivity index (χ1n) is 10.1. The van der Waals surface area contributed by atoms with Gasteiger partial charge in [-0.15, -0.1) is 0 Å². The second-order valence-corrected chi connectivity index (χ2v) is 7.25. The number of benzene rings is 3. The minimum Gasteiger partial charge on any atom is -0.426 e. The maximum Gasteiger partial charge on any atom is 0.310 e. The van der Waals surface area contributed by atoms with Crippen molar-refractivity contribution in [3.8, 4) is 5.75 Å². The van der Waals surface area contributed by atoms with Crippen molar-refractivity contribution in [3.05, 3.63) is 95.1 Å². The molecule has 1 aliphatic rings. The van der Waals surface area contributed by atoms with Gasteiger partial charge in [0.1, 0.15) is 5.75 Å². The van der Waals surface area contributed by atoms with Crippen molar-refractivity contribution in [3.63, 3.8) is 0 Å². The van der Waals surface area contributed by atoms with Gasteiger partial charge in [0.05, 0.1) is 17.7 Å². The zero-order valence-corrected chi connectivity index (χ0v) is 17.3. The Hall–Kier alpha value is -4.26. The number of fused-ring (bicyclic) bond motifs is 1. The Balaban J connectivity index is 1.42. The average molecular weight is 428 g/mol. The summed E-state index contributed by atoms with van der Waals surface area (Å²) in [4.78, 5) is 50.2. The highest BCUT2D eigenvalue weighted by Gasteiger charge is 2.34. The molecule has 0 unspecified atom stereocenters. The number of anilines is 1. The summed E-state index contributed by atoms with van der Waals surface area (Å²) in [6.07, 6.45) is 0.254. The molecule has 7 heteroatoms. The van der Waals surface area contributed by atoms with E-state index in [1.54, 1.807) is 79.7 Å². The lowest BCUT2D eigenvalue weighted by atomic mass is 10.1. The van der Waals surface area contributed by atoms with Crippen molar-refractivity contribution >= 4 is 29.4 Å². The number of carbonyl (C=O) groups excluding carboxylic acids is 4. The fourth-order valence-corrected chi connectivity index (χ4v) is 3.37. The molecule has 1 aliphatic heterocycles. The van der Waals surface area contributed by atoms with Crippen LogP contribution in [0.2, 0.25) is 0 Å². The standard InChI is InChI=1S/C25H20N2O5/c1-2-22(28)32-19-7-5-6-18(14-19)26-23(29)17-12-10-16(11-13-17)15-27-24(30)20-8-3-4-9-21(20)25(27)31/h3-14H,2,15H2,1H3,(H,26,29). The van der Waals surface area contributed by atoms with E-state index in [0.717, 1.165) is 5.56 Å². The van der Waals surface area contributed by atoms with E-state index in [1.807, 2.05) is 0 Å². The zero-order valence-electron chi connectivity index (χ0n) is 17.3. The zero-order chi connectivity index (χ0) is 22.7. The SMILES string of the molecule is CCC(=O)Oc1cccc(NC(=O)c2ccc(CN3C(=O)c4ccccc4C3=O)cc2)c1. The normalized spacial score (nSPS) is 12.5. The summed E-state index contributed by atoms with van der Waals surface area (Å²) >= 11 is 0. The Bertz CT molecular complexity index is 1180. The third kappa shape index (κ3) is 4.27. The first kappa shape index (κ1) is 21.0. The lowest BCUT2D eigenvalue weighted by molar-refractivity contribution is -0.134. The van der Waals surface area contributed by atoms with Crippen LogP contribution in [0.3, 0.4) is 0 Å². The summed E-state index contributed by atoms with van der Waals surface area (Å²) in [5, 5.41) is 2.76. The molecule has 32 heavy (non-hydrogen) atoms. The van der Waals surface area contributed by atoms with E-state index in [2.05, 4.69) is 5.32 Å². The van der Waals surface area contributed by atoms with Gasteiger partial charge in [0, 0.05) is 23.7 Å². The number of hydrogen-bond acceptors (Lipinski definition) is 5. The van der Waals surface area contributed by atoms with E-state index < -0.39 is 0 Å². The summed E-state index contributed by atoms with van der Waals surface area (Å²) in [7, 11) is 0. The highest BCUT2D eigenvalue weighted by Crippen LogP contribution is 2.24. The predicted octanol–water partition coefficient (Wildman–Crippen LogP) is 4.05. The number of nitrogens with zero attached hydrogens (tertiary/aromatic N) is 1. The summed E-state index contributed by atoms with van der Waals surface area (Å²) in [6, 6.07) is 20.0. The molecule has 160 valence electrons. The van der Waals surface area contributed by atoms with Crippen molar-refractivity contribution < 1.29 is 23.9 Å². The number of hydrogen-bond donors (Lipinski definition) is 1. The van der Waals surface area contributed by atoms with Gasteiger partial charge < -0.3 is 10.1 Å². The molecule has 4 rings (SSSR count). The van der Waals surface area contributed by atoms with Gasteiger partial charge in [-0.1, -0.05) is 37.3 Å². The molecule has 1 heterocycles. The number of esters is 1. The first-order chi connectivity index (χ1) is 15.5. The topological polar surface area (TPSA) is 92.8 Å². The number of rotatable bonds is 6. The van der Waals surface area contributed by atoms with Crippen LogP contribution in [-0.2, 0) is 11.3 Å². The molecule has 3 amide bonds. The third-order valence-electron chi connectivity index (χ3n) is 5.05. The van der Waals surface area contributed by atoms with Gasteiger partial charge in [-0.3, -0.25) is 24.1 Å². The molecule has 1 N–H and O–H groups in total. The number of imide groups is 1. The van der Waals surface area contributed by atoms with Crippen LogP contribution < -0.4 is 10.1 Å². The van der Waals surface area contributed by atoms with Crippen LogP contribution in [0, 0.1) is 0 Å². The maximum absolute atomic E-state index is 12.6. The molecular formula is C25H20N2O5. The van der Waals surface area contributed by atoms with Crippen molar-refractivity contribution in [2.45, 2.75) is 19.9 Å². The molecule has 7 nitrogen and oxygen atoms in total. The Kier molecular flexibility index (Phi) is 5.81. The smallest absolute Gasteiger partial charge is 0.310 e. The molecule has 0 bridgehead atoms. The molecule has 0 aromatic heterocycles. The molecule has 0 atom stereocenters. The minimum atomic E-state index is -0.359. The van der Waals surface area contributed by atoms with Crippen LogP contribution in [-0.4, -0.2) is 28.6 Å². The van der Waals surface area contributed by atoms with Crippen LogP contribution in [0.4, 0.5) is 5.69 Å². The Labute approximate surface area is 184 Å². The van der Waals surface area contributed by atoms with Gasteiger partial charge in [0.2, 0.25) is 0 Å². The molecule has 0 saturated carbocycles. The highest BCUT2D eigenvalue weighted by atomic mass is 16.5. The Morgan fingerprint density at radius 1 is 0.875 bits per heavy atom. The summed E-state index contributed by atoms with van der Waals surface area (Å²) < 4.78 is 5.16. The molecular weight excluding hydrogens is 408 g/mol. The number of carbonyl (C=O) groups is 4. The molecule has 0 aliphatic carbocycles. The minimum absolute atomic E-state index is 0.124.